The van der Waals surface area contributed by atoms with Crippen LogP contribution in [0.5, 0.6) is 0 Å². The highest BCUT2D eigenvalue weighted by Crippen LogP contribution is 2.35. The van der Waals surface area contributed by atoms with Gasteiger partial charge in [0, 0.05) is 29.7 Å². The second-order valence-corrected chi connectivity index (χ2v) is 7.88. The Kier molecular flexibility index (Phi) is 4.83. The van der Waals surface area contributed by atoms with Gasteiger partial charge in [-0.1, -0.05) is 6.07 Å². The van der Waals surface area contributed by atoms with E-state index in [1.807, 2.05) is 48.5 Å². The van der Waals surface area contributed by atoms with Crippen LogP contribution in [-0.4, -0.2) is 42.7 Å². The molecule has 1 fully saturated rings. The van der Waals surface area contributed by atoms with Gasteiger partial charge in [-0.15, -0.1) is 11.8 Å². The first-order valence-corrected chi connectivity index (χ1v) is 10.4. The van der Waals surface area contributed by atoms with Crippen LogP contribution in [0.1, 0.15) is 40.0 Å². The molecule has 2 aliphatic heterocycles. The number of hydrogen-bond acceptors (Lipinski definition) is 4. The average Bonchev–Trinajstić information content (AvgIpc) is 2.71. The van der Waals surface area contributed by atoms with Crippen LogP contribution < -0.4 is 10.2 Å². The molecule has 1 N–H and O–H groups in total. The normalized spacial score (nSPS) is 18.7. The van der Waals surface area contributed by atoms with Gasteiger partial charge in [0.15, 0.2) is 0 Å². The van der Waals surface area contributed by atoms with Gasteiger partial charge in [0.25, 0.3) is 11.8 Å². The SMILES string of the molecule is CSc1cccc(NC(=O)c2ccc3c(c2)N(C)[C@H]2CCCCN2C3=O)c1. The van der Waals surface area contributed by atoms with Gasteiger partial charge in [-0.25, -0.2) is 0 Å². The summed E-state index contributed by atoms with van der Waals surface area (Å²) in [5.41, 5.74) is 2.85. The van der Waals surface area contributed by atoms with Crippen molar-refractivity contribution in [3.63, 3.8) is 0 Å². The third-order valence-electron chi connectivity index (χ3n) is 5.38. The van der Waals surface area contributed by atoms with Crippen LogP contribution in [0.15, 0.2) is 47.4 Å². The molecule has 1 atom stereocenters. The minimum absolute atomic E-state index is 0.0763. The van der Waals surface area contributed by atoms with E-state index in [0.717, 1.165) is 42.1 Å². The maximum absolute atomic E-state index is 12.8. The average molecular weight is 382 g/mol. The number of nitrogens with zero attached hydrogens (tertiary/aromatic N) is 2. The molecule has 140 valence electrons. The molecule has 0 aromatic heterocycles. The van der Waals surface area contributed by atoms with Gasteiger partial charge in [-0.3, -0.25) is 9.59 Å². The fourth-order valence-corrected chi connectivity index (χ4v) is 4.38. The number of nitrogens with one attached hydrogen (secondary N) is 1. The summed E-state index contributed by atoms with van der Waals surface area (Å²) in [7, 11) is 2.01. The molecule has 2 aliphatic rings. The maximum Gasteiger partial charge on any atom is 0.257 e. The van der Waals surface area contributed by atoms with E-state index in [9.17, 15) is 9.59 Å². The van der Waals surface area contributed by atoms with Crippen LogP contribution >= 0.6 is 11.8 Å². The number of anilines is 2. The van der Waals surface area contributed by atoms with Gasteiger partial charge < -0.3 is 15.1 Å². The van der Waals surface area contributed by atoms with Crippen LogP contribution in [0.25, 0.3) is 0 Å². The number of carbonyl (C=O) groups excluding carboxylic acids is 2. The van der Waals surface area contributed by atoms with Crippen molar-refractivity contribution < 1.29 is 9.59 Å². The Bertz CT molecular complexity index is 899. The molecule has 6 heteroatoms. The molecule has 2 aromatic carbocycles. The quantitative estimate of drug-likeness (QED) is 0.815. The molecule has 2 heterocycles. The Balaban J connectivity index is 1.61. The third kappa shape index (κ3) is 3.30. The number of piperidine rings is 1. The largest absolute Gasteiger partial charge is 0.354 e. The number of benzene rings is 2. The zero-order valence-electron chi connectivity index (χ0n) is 15.6. The van der Waals surface area contributed by atoms with Crippen molar-refractivity contribution in [2.24, 2.45) is 0 Å². The van der Waals surface area contributed by atoms with Crippen molar-refractivity contribution in [3.8, 4) is 0 Å². The van der Waals surface area contributed by atoms with Crippen LogP contribution in [0.3, 0.4) is 0 Å². The Hall–Kier alpha value is -2.47. The molecular formula is C21H23N3O2S. The lowest BCUT2D eigenvalue weighted by atomic mass is 9.97. The first kappa shape index (κ1) is 17.9. The monoisotopic (exact) mass is 381 g/mol. The molecule has 27 heavy (non-hydrogen) atoms. The number of amides is 2. The lowest BCUT2D eigenvalue weighted by Gasteiger charge is -2.46. The zero-order chi connectivity index (χ0) is 19.0. The van der Waals surface area contributed by atoms with Crippen molar-refractivity contribution in [1.82, 2.24) is 4.90 Å². The van der Waals surface area contributed by atoms with Gasteiger partial charge in [-0.2, -0.15) is 0 Å². The van der Waals surface area contributed by atoms with E-state index in [4.69, 9.17) is 0 Å². The van der Waals surface area contributed by atoms with Gasteiger partial charge >= 0.3 is 0 Å². The van der Waals surface area contributed by atoms with Crippen LogP contribution in [0.4, 0.5) is 11.4 Å². The van der Waals surface area contributed by atoms with E-state index < -0.39 is 0 Å². The smallest absolute Gasteiger partial charge is 0.257 e. The number of thioether (sulfide) groups is 1. The summed E-state index contributed by atoms with van der Waals surface area (Å²) < 4.78 is 0. The van der Waals surface area contributed by atoms with Crippen molar-refractivity contribution in [2.75, 3.05) is 30.1 Å². The maximum atomic E-state index is 12.8. The van der Waals surface area contributed by atoms with Gasteiger partial charge in [0.1, 0.15) is 6.17 Å². The summed E-state index contributed by atoms with van der Waals surface area (Å²) in [6.45, 7) is 0.807. The van der Waals surface area contributed by atoms with Crippen molar-refractivity contribution >= 4 is 35.0 Å². The van der Waals surface area contributed by atoms with Crippen molar-refractivity contribution in [2.45, 2.75) is 30.3 Å². The highest BCUT2D eigenvalue weighted by Gasteiger charge is 2.37. The number of hydrogen-bond donors (Lipinski definition) is 1. The van der Waals surface area contributed by atoms with E-state index in [0.29, 0.717) is 11.1 Å². The van der Waals surface area contributed by atoms with Crippen molar-refractivity contribution in [3.05, 3.63) is 53.6 Å². The lowest BCUT2D eigenvalue weighted by Crippen LogP contribution is -2.55. The van der Waals surface area contributed by atoms with Gasteiger partial charge in [0.2, 0.25) is 0 Å². The van der Waals surface area contributed by atoms with Crippen LogP contribution in [-0.2, 0) is 0 Å². The molecule has 1 saturated heterocycles. The molecule has 0 spiro atoms. The highest BCUT2D eigenvalue weighted by atomic mass is 32.2. The highest BCUT2D eigenvalue weighted by molar-refractivity contribution is 7.98. The fourth-order valence-electron chi connectivity index (χ4n) is 3.92. The fraction of sp³-hybridized carbons (Fsp3) is 0.333. The molecule has 0 radical (unpaired) electrons. The Morgan fingerprint density at radius 1 is 1.19 bits per heavy atom. The summed E-state index contributed by atoms with van der Waals surface area (Å²) in [5, 5.41) is 2.96. The molecule has 0 aliphatic carbocycles. The number of fused-ring (bicyclic) bond motifs is 2. The van der Waals surface area contributed by atoms with E-state index >= 15 is 0 Å². The van der Waals surface area contributed by atoms with Gasteiger partial charge in [0.05, 0.1) is 11.3 Å². The summed E-state index contributed by atoms with van der Waals surface area (Å²) in [4.78, 5) is 30.8. The van der Waals surface area contributed by atoms with Gasteiger partial charge in [-0.05, 0) is 61.9 Å². The standard InChI is InChI=1S/C21H23N3O2S/c1-23-18-12-14(20(25)22-15-6-5-7-16(13-15)27-2)9-10-17(18)21(26)24-11-4-3-8-19(23)24/h5-7,9-10,12-13,19H,3-4,8,11H2,1-2H3,(H,22,25)/t19-/m1/s1. The second kappa shape index (κ2) is 7.27. The minimum atomic E-state index is -0.164. The van der Waals surface area contributed by atoms with Crippen LogP contribution in [0, 0.1) is 0 Å². The first-order valence-electron chi connectivity index (χ1n) is 9.22. The summed E-state index contributed by atoms with van der Waals surface area (Å²) >= 11 is 1.64. The summed E-state index contributed by atoms with van der Waals surface area (Å²) in [6, 6.07) is 13.1. The molecule has 0 bridgehead atoms. The Morgan fingerprint density at radius 3 is 2.85 bits per heavy atom. The third-order valence-corrected chi connectivity index (χ3v) is 6.10. The zero-order valence-corrected chi connectivity index (χ0v) is 16.4. The molecule has 2 aromatic rings. The number of carbonyl (C=O) groups is 2. The molecule has 0 unspecified atom stereocenters. The molecular weight excluding hydrogens is 358 g/mol. The number of rotatable bonds is 3. The van der Waals surface area contributed by atoms with E-state index in [2.05, 4.69) is 10.2 Å². The first-order chi connectivity index (χ1) is 13.1. The molecule has 0 saturated carbocycles. The van der Waals surface area contributed by atoms with E-state index in [1.54, 1.807) is 23.9 Å². The molecule has 2 amide bonds. The van der Waals surface area contributed by atoms with E-state index in [1.165, 1.54) is 0 Å². The molecule has 5 nitrogen and oxygen atoms in total. The summed E-state index contributed by atoms with van der Waals surface area (Å²) in [6.07, 6.45) is 5.25. The van der Waals surface area contributed by atoms with Crippen LogP contribution in [0.2, 0.25) is 0 Å². The topological polar surface area (TPSA) is 52.7 Å². The predicted octanol–water partition coefficient (Wildman–Crippen LogP) is 4.06. The van der Waals surface area contributed by atoms with E-state index in [-0.39, 0.29) is 18.0 Å². The molecule has 4 rings (SSSR count). The Morgan fingerprint density at radius 2 is 2.04 bits per heavy atom. The summed E-state index contributed by atoms with van der Waals surface area (Å²) in [5.74, 6) is -0.0876. The predicted molar refractivity (Wildman–Crippen MR) is 110 cm³/mol. The second-order valence-electron chi connectivity index (χ2n) is 7.00. The lowest BCUT2D eigenvalue weighted by molar-refractivity contribution is 0.0589. The Labute approximate surface area is 163 Å². The van der Waals surface area contributed by atoms with Crippen molar-refractivity contribution in [1.29, 1.82) is 0 Å². The minimum Gasteiger partial charge on any atom is -0.354 e.